The third-order valence-electron chi connectivity index (χ3n) is 4.03. The van der Waals surface area contributed by atoms with Crippen LogP contribution < -0.4 is 0 Å². The van der Waals surface area contributed by atoms with Gasteiger partial charge >= 0.3 is 0 Å². The van der Waals surface area contributed by atoms with Crippen molar-refractivity contribution in [3.63, 3.8) is 0 Å². The normalized spacial score (nSPS) is 11.0. The van der Waals surface area contributed by atoms with Crippen molar-refractivity contribution in [1.82, 2.24) is 5.16 Å². The van der Waals surface area contributed by atoms with Crippen LogP contribution in [0.5, 0.6) is 0 Å². The first-order valence-electron chi connectivity index (χ1n) is 7.51. The molecule has 0 amide bonds. The van der Waals surface area contributed by atoms with Crippen molar-refractivity contribution < 1.29 is 9.63 Å². The highest BCUT2D eigenvalue weighted by Gasteiger charge is 2.19. The molecule has 0 aliphatic heterocycles. The summed E-state index contributed by atoms with van der Waals surface area (Å²) in [6.07, 6.45) is 0. The first-order chi connectivity index (χ1) is 11.4. The molecule has 0 bridgehead atoms. The van der Waals surface area contributed by atoms with E-state index in [9.17, 15) is 5.11 Å². The molecule has 1 heterocycles. The van der Waals surface area contributed by atoms with Gasteiger partial charge < -0.3 is 9.63 Å². The molecule has 3 heteroatoms. The SMILES string of the molecule is OCc1c(-c2cccc3ccccc23)noc1-c1ccccc1. The summed E-state index contributed by atoms with van der Waals surface area (Å²) < 4.78 is 5.57. The zero-order valence-electron chi connectivity index (χ0n) is 12.4. The van der Waals surface area contributed by atoms with Gasteiger partial charge in [-0.25, -0.2) is 0 Å². The molecule has 1 N–H and O–H groups in total. The summed E-state index contributed by atoms with van der Waals surface area (Å²) in [4.78, 5) is 0. The fraction of sp³-hybridized carbons (Fsp3) is 0.0500. The maximum absolute atomic E-state index is 9.88. The molecule has 0 unspecified atom stereocenters. The summed E-state index contributed by atoms with van der Waals surface area (Å²) in [5, 5.41) is 16.4. The van der Waals surface area contributed by atoms with E-state index in [2.05, 4.69) is 23.4 Å². The second kappa shape index (κ2) is 5.71. The van der Waals surface area contributed by atoms with E-state index in [4.69, 9.17) is 4.52 Å². The number of hydrogen-bond acceptors (Lipinski definition) is 3. The topological polar surface area (TPSA) is 46.3 Å². The highest BCUT2D eigenvalue weighted by molar-refractivity contribution is 5.97. The van der Waals surface area contributed by atoms with Crippen LogP contribution >= 0.6 is 0 Å². The summed E-state index contributed by atoms with van der Waals surface area (Å²) in [6, 6.07) is 23.9. The van der Waals surface area contributed by atoms with Crippen LogP contribution in [0.3, 0.4) is 0 Å². The van der Waals surface area contributed by atoms with E-state index >= 15 is 0 Å². The molecule has 0 fully saturated rings. The fourth-order valence-electron chi connectivity index (χ4n) is 2.92. The lowest BCUT2D eigenvalue weighted by atomic mass is 9.98. The third-order valence-corrected chi connectivity index (χ3v) is 4.03. The summed E-state index contributed by atoms with van der Waals surface area (Å²) in [5.41, 5.74) is 3.30. The van der Waals surface area contributed by atoms with Gasteiger partial charge in [-0.2, -0.15) is 0 Å². The van der Waals surface area contributed by atoms with Crippen LogP contribution in [-0.2, 0) is 6.61 Å². The number of nitrogens with zero attached hydrogens (tertiary/aromatic N) is 1. The molecule has 4 rings (SSSR count). The van der Waals surface area contributed by atoms with E-state index in [1.807, 2.05) is 54.6 Å². The van der Waals surface area contributed by atoms with Gasteiger partial charge in [0.25, 0.3) is 0 Å². The van der Waals surface area contributed by atoms with Crippen LogP contribution in [0.15, 0.2) is 77.3 Å². The number of benzene rings is 3. The summed E-state index contributed by atoms with van der Waals surface area (Å²) in [7, 11) is 0. The van der Waals surface area contributed by atoms with Crippen LogP contribution in [-0.4, -0.2) is 10.3 Å². The van der Waals surface area contributed by atoms with Crippen molar-refractivity contribution in [2.24, 2.45) is 0 Å². The highest BCUT2D eigenvalue weighted by Crippen LogP contribution is 2.35. The van der Waals surface area contributed by atoms with Crippen molar-refractivity contribution in [2.45, 2.75) is 6.61 Å². The number of rotatable bonds is 3. The predicted octanol–water partition coefficient (Wildman–Crippen LogP) is 4.65. The molecule has 0 aliphatic rings. The molecule has 0 atom stereocenters. The number of aromatic nitrogens is 1. The second-order valence-corrected chi connectivity index (χ2v) is 5.39. The van der Waals surface area contributed by atoms with Crippen LogP contribution in [0.25, 0.3) is 33.4 Å². The molecule has 1 aromatic heterocycles. The molecule has 3 nitrogen and oxygen atoms in total. The van der Waals surface area contributed by atoms with E-state index in [1.165, 1.54) is 0 Å². The lowest BCUT2D eigenvalue weighted by Gasteiger charge is -2.05. The Morgan fingerprint density at radius 1 is 0.826 bits per heavy atom. The Hall–Kier alpha value is -2.91. The first kappa shape index (κ1) is 13.7. The van der Waals surface area contributed by atoms with Crippen molar-refractivity contribution in [3.8, 4) is 22.6 Å². The summed E-state index contributed by atoms with van der Waals surface area (Å²) >= 11 is 0. The third kappa shape index (κ3) is 2.31. The van der Waals surface area contributed by atoms with Crippen molar-refractivity contribution in [1.29, 1.82) is 0 Å². The lowest BCUT2D eigenvalue weighted by molar-refractivity contribution is 0.281. The van der Waals surface area contributed by atoms with Gasteiger partial charge in [-0.1, -0.05) is 78.0 Å². The lowest BCUT2D eigenvalue weighted by Crippen LogP contribution is -1.90. The Balaban J connectivity index is 1.94. The van der Waals surface area contributed by atoms with Gasteiger partial charge in [-0.15, -0.1) is 0 Å². The molecule has 0 radical (unpaired) electrons. The van der Waals surface area contributed by atoms with Crippen LogP contribution in [0.4, 0.5) is 0 Å². The molecule has 0 spiro atoms. The molecule has 3 aromatic carbocycles. The standard InChI is InChI=1S/C20H15NO2/c22-13-18-19(21-23-20(18)15-8-2-1-3-9-15)17-12-6-10-14-7-4-5-11-16(14)17/h1-12,22H,13H2. The Kier molecular flexibility index (Phi) is 3.41. The molecule has 0 aliphatic carbocycles. The van der Waals surface area contributed by atoms with E-state index in [-0.39, 0.29) is 6.61 Å². The number of aliphatic hydroxyl groups excluding tert-OH is 1. The van der Waals surface area contributed by atoms with Gasteiger partial charge in [0.1, 0.15) is 5.69 Å². The van der Waals surface area contributed by atoms with Gasteiger partial charge in [-0.3, -0.25) is 0 Å². The Bertz CT molecular complexity index is 952. The summed E-state index contributed by atoms with van der Waals surface area (Å²) in [5.74, 6) is 0.621. The van der Waals surface area contributed by atoms with Gasteiger partial charge in [0.05, 0.1) is 12.2 Å². The number of fused-ring (bicyclic) bond motifs is 1. The second-order valence-electron chi connectivity index (χ2n) is 5.39. The average Bonchev–Trinajstić information content (AvgIpc) is 3.05. The van der Waals surface area contributed by atoms with Crippen molar-refractivity contribution in [2.75, 3.05) is 0 Å². The van der Waals surface area contributed by atoms with Crippen LogP contribution in [0, 0.1) is 0 Å². The van der Waals surface area contributed by atoms with Crippen LogP contribution in [0.1, 0.15) is 5.56 Å². The Labute approximate surface area is 133 Å². The van der Waals surface area contributed by atoms with E-state index < -0.39 is 0 Å². The van der Waals surface area contributed by atoms with Gasteiger partial charge in [0.2, 0.25) is 0 Å². The zero-order chi connectivity index (χ0) is 15.6. The monoisotopic (exact) mass is 301 g/mol. The van der Waals surface area contributed by atoms with Gasteiger partial charge in [0.15, 0.2) is 5.76 Å². The number of hydrogen-bond donors (Lipinski definition) is 1. The molecule has 4 aromatic rings. The Morgan fingerprint density at radius 2 is 1.57 bits per heavy atom. The minimum absolute atomic E-state index is 0.119. The molecule has 0 saturated heterocycles. The molecule has 112 valence electrons. The van der Waals surface area contributed by atoms with Gasteiger partial charge in [-0.05, 0) is 10.8 Å². The molecular weight excluding hydrogens is 286 g/mol. The van der Waals surface area contributed by atoms with Gasteiger partial charge in [0, 0.05) is 11.1 Å². The Morgan fingerprint density at radius 3 is 2.39 bits per heavy atom. The summed E-state index contributed by atoms with van der Waals surface area (Å²) in [6.45, 7) is -0.119. The fourth-order valence-corrected chi connectivity index (χ4v) is 2.92. The zero-order valence-corrected chi connectivity index (χ0v) is 12.4. The first-order valence-corrected chi connectivity index (χ1v) is 7.51. The van der Waals surface area contributed by atoms with E-state index in [0.717, 1.165) is 21.9 Å². The maximum Gasteiger partial charge on any atom is 0.173 e. The average molecular weight is 301 g/mol. The van der Waals surface area contributed by atoms with E-state index in [0.29, 0.717) is 17.0 Å². The molecule has 0 saturated carbocycles. The minimum Gasteiger partial charge on any atom is -0.391 e. The smallest absolute Gasteiger partial charge is 0.173 e. The quantitative estimate of drug-likeness (QED) is 0.599. The molecular formula is C20H15NO2. The predicted molar refractivity (Wildman–Crippen MR) is 90.8 cm³/mol. The minimum atomic E-state index is -0.119. The largest absolute Gasteiger partial charge is 0.391 e. The van der Waals surface area contributed by atoms with Crippen LogP contribution in [0.2, 0.25) is 0 Å². The highest BCUT2D eigenvalue weighted by atomic mass is 16.5. The van der Waals surface area contributed by atoms with Crippen molar-refractivity contribution >= 4 is 10.8 Å². The number of aliphatic hydroxyl groups is 1. The van der Waals surface area contributed by atoms with E-state index in [1.54, 1.807) is 0 Å². The molecule has 23 heavy (non-hydrogen) atoms. The van der Waals surface area contributed by atoms with Crippen molar-refractivity contribution in [3.05, 3.63) is 78.4 Å². The maximum atomic E-state index is 9.88.